The van der Waals surface area contributed by atoms with Crippen LogP contribution in [0.1, 0.15) is 55.1 Å². The van der Waals surface area contributed by atoms with E-state index in [1.807, 2.05) is 56.1 Å². The summed E-state index contributed by atoms with van der Waals surface area (Å²) < 4.78 is 0. The van der Waals surface area contributed by atoms with Gasteiger partial charge in [0, 0.05) is 33.2 Å². The first-order chi connectivity index (χ1) is 17.3. The topological polar surface area (TPSA) is 111 Å². The number of thioether (sulfide) groups is 1. The molecule has 9 heteroatoms. The van der Waals surface area contributed by atoms with Gasteiger partial charge in [0.15, 0.2) is 0 Å². The van der Waals surface area contributed by atoms with Crippen LogP contribution >= 0.6 is 11.8 Å². The minimum atomic E-state index is -0.710. The second kappa shape index (κ2) is 12.2. The number of anilines is 1. The van der Waals surface area contributed by atoms with Crippen LogP contribution in [0.25, 0.3) is 4.85 Å². The lowest BCUT2D eigenvalue weighted by Crippen LogP contribution is -2.46. The van der Waals surface area contributed by atoms with Crippen LogP contribution in [0.4, 0.5) is 11.5 Å². The number of aromatic nitrogens is 1. The summed E-state index contributed by atoms with van der Waals surface area (Å²) in [5, 5.41) is 20.2. The Balaban J connectivity index is 1.90. The van der Waals surface area contributed by atoms with E-state index in [0.717, 1.165) is 56.2 Å². The number of likely N-dealkylation sites (tertiary alicyclic amines) is 1. The monoisotopic (exact) mass is 506 g/mol. The number of amides is 1. The van der Waals surface area contributed by atoms with Crippen molar-refractivity contribution in [2.24, 2.45) is 5.73 Å². The molecule has 2 aromatic rings. The Morgan fingerprint density at radius 3 is 2.56 bits per heavy atom. The summed E-state index contributed by atoms with van der Waals surface area (Å²) in [4.78, 5) is 25.1. The Morgan fingerprint density at radius 1 is 1.36 bits per heavy atom. The number of likely N-dealkylation sites (N-methyl/N-ethyl adjacent to an activating group) is 1. The van der Waals surface area contributed by atoms with E-state index in [4.69, 9.17) is 17.3 Å². The third-order valence-electron chi connectivity index (χ3n) is 6.95. The SMILES string of the molecule is [C-]#[N+]c1c(N(C)CCN2CCC(O)(CC)CC2)nc(SC(C(N)=O)c2ccccc2)c(C#N)c1CC. The first kappa shape index (κ1) is 27.5. The summed E-state index contributed by atoms with van der Waals surface area (Å²) in [5.41, 5.74) is 7.24. The van der Waals surface area contributed by atoms with Crippen molar-refractivity contribution in [2.45, 2.75) is 55.4 Å². The molecule has 1 atom stereocenters. The normalized spacial score (nSPS) is 16.1. The van der Waals surface area contributed by atoms with Crippen LogP contribution in [0.2, 0.25) is 0 Å². The molecular weight excluding hydrogens is 472 g/mol. The summed E-state index contributed by atoms with van der Waals surface area (Å²) in [6, 6.07) is 11.4. The molecule has 190 valence electrons. The maximum atomic E-state index is 12.4. The lowest BCUT2D eigenvalue weighted by Gasteiger charge is -2.38. The number of pyridine rings is 1. The minimum Gasteiger partial charge on any atom is -0.390 e. The molecule has 0 bridgehead atoms. The zero-order valence-corrected chi connectivity index (χ0v) is 22.0. The number of benzene rings is 1. The van der Waals surface area contributed by atoms with Gasteiger partial charge >= 0.3 is 0 Å². The number of carbonyl (C=O) groups is 1. The minimum absolute atomic E-state index is 0.322. The van der Waals surface area contributed by atoms with Crippen LogP contribution in [-0.4, -0.2) is 59.7 Å². The van der Waals surface area contributed by atoms with Crippen molar-refractivity contribution in [3.8, 4) is 6.07 Å². The fourth-order valence-corrected chi connectivity index (χ4v) is 5.55. The predicted molar refractivity (Wildman–Crippen MR) is 143 cm³/mol. The molecule has 1 aliphatic rings. The van der Waals surface area contributed by atoms with E-state index >= 15 is 0 Å². The highest BCUT2D eigenvalue weighted by Crippen LogP contribution is 2.42. The highest BCUT2D eigenvalue weighted by molar-refractivity contribution is 8.00. The average molecular weight is 507 g/mol. The number of carbonyl (C=O) groups excluding carboxylic acids is 1. The van der Waals surface area contributed by atoms with Gasteiger partial charge in [-0.3, -0.25) is 4.79 Å². The number of nitriles is 1. The summed E-state index contributed by atoms with van der Waals surface area (Å²) in [6.07, 6.45) is 2.76. The zero-order chi connectivity index (χ0) is 26.3. The number of rotatable bonds is 10. The van der Waals surface area contributed by atoms with Gasteiger partial charge in [0.05, 0.1) is 17.7 Å². The molecule has 3 rings (SSSR count). The molecule has 8 nitrogen and oxygen atoms in total. The number of nitrogens with two attached hydrogens (primary N) is 1. The van der Waals surface area contributed by atoms with Gasteiger partial charge in [-0.25, -0.2) is 9.83 Å². The standard InChI is InChI=1S/C27H34N6O2S/c1-5-20-21(18-28)26(36-23(24(29)34)19-10-8-7-9-11-19)31-25(22(20)30-3)32(4)16-17-33-14-12-27(35,6-2)13-15-33/h7-11,23,35H,5-6,12-17H2,1-2,4H3,(H2,29,34). The fourth-order valence-electron chi connectivity index (χ4n) is 4.49. The molecule has 0 spiro atoms. The molecule has 1 aromatic heterocycles. The Labute approximate surface area is 217 Å². The molecule has 1 fully saturated rings. The van der Waals surface area contributed by atoms with Gasteiger partial charge in [-0.05, 0) is 36.8 Å². The maximum Gasteiger partial charge on any atom is 0.235 e. The molecule has 0 saturated carbocycles. The smallest absolute Gasteiger partial charge is 0.235 e. The van der Waals surface area contributed by atoms with Crippen molar-refractivity contribution in [2.75, 3.05) is 38.1 Å². The fraction of sp³-hybridized carbons (Fsp3) is 0.481. The second-order valence-electron chi connectivity index (χ2n) is 9.17. The first-order valence-corrected chi connectivity index (χ1v) is 13.2. The van der Waals surface area contributed by atoms with Crippen LogP contribution in [0.3, 0.4) is 0 Å². The number of nitrogens with zero attached hydrogens (tertiary/aromatic N) is 5. The van der Waals surface area contributed by atoms with E-state index in [-0.39, 0.29) is 0 Å². The Kier molecular flexibility index (Phi) is 9.33. The zero-order valence-electron chi connectivity index (χ0n) is 21.2. The third kappa shape index (κ3) is 6.17. The molecule has 0 aliphatic carbocycles. The molecule has 1 aliphatic heterocycles. The van der Waals surface area contributed by atoms with Crippen molar-refractivity contribution in [3.63, 3.8) is 0 Å². The Bertz CT molecular complexity index is 1150. The number of aliphatic hydroxyl groups is 1. The molecular formula is C27H34N6O2S. The van der Waals surface area contributed by atoms with Crippen molar-refractivity contribution in [1.82, 2.24) is 9.88 Å². The molecule has 1 saturated heterocycles. The quantitative estimate of drug-likeness (QED) is 0.369. The largest absolute Gasteiger partial charge is 0.390 e. The van der Waals surface area contributed by atoms with Gasteiger partial charge in [-0.1, -0.05) is 55.9 Å². The Hall–Kier alpha value is -3.11. The van der Waals surface area contributed by atoms with Gasteiger partial charge in [-0.2, -0.15) is 5.26 Å². The van der Waals surface area contributed by atoms with Crippen molar-refractivity contribution in [3.05, 3.63) is 58.4 Å². The van der Waals surface area contributed by atoms with E-state index in [1.54, 1.807) is 0 Å². The van der Waals surface area contributed by atoms with Crippen molar-refractivity contribution in [1.29, 1.82) is 5.26 Å². The molecule has 0 radical (unpaired) electrons. The van der Waals surface area contributed by atoms with Crippen LogP contribution in [-0.2, 0) is 11.2 Å². The van der Waals surface area contributed by atoms with Crippen molar-refractivity contribution >= 4 is 29.2 Å². The van der Waals surface area contributed by atoms with E-state index in [1.165, 1.54) is 0 Å². The first-order valence-electron chi connectivity index (χ1n) is 12.3. The van der Waals surface area contributed by atoms with Crippen LogP contribution < -0.4 is 10.6 Å². The van der Waals surface area contributed by atoms with Gasteiger partial charge < -0.3 is 20.6 Å². The second-order valence-corrected chi connectivity index (χ2v) is 10.3. The average Bonchev–Trinajstić information content (AvgIpc) is 2.90. The maximum absolute atomic E-state index is 12.4. The van der Waals surface area contributed by atoms with Crippen LogP contribution in [0.15, 0.2) is 35.4 Å². The molecule has 3 N–H and O–H groups in total. The molecule has 1 unspecified atom stereocenters. The summed E-state index contributed by atoms with van der Waals surface area (Å²) in [6.45, 7) is 14.8. The number of piperidine rings is 1. The Morgan fingerprint density at radius 2 is 2.03 bits per heavy atom. The van der Waals surface area contributed by atoms with Crippen molar-refractivity contribution < 1.29 is 9.90 Å². The highest BCUT2D eigenvalue weighted by Gasteiger charge is 2.31. The highest BCUT2D eigenvalue weighted by atomic mass is 32.2. The van der Waals surface area contributed by atoms with Gasteiger partial charge in [0.2, 0.25) is 11.6 Å². The molecule has 36 heavy (non-hydrogen) atoms. The van der Waals surface area contributed by atoms with E-state index in [0.29, 0.717) is 40.6 Å². The third-order valence-corrected chi connectivity index (χ3v) is 8.21. The van der Waals surface area contributed by atoms with E-state index in [2.05, 4.69) is 15.8 Å². The lowest BCUT2D eigenvalue weighted by molar-refractivity contribution is -0.117. The molecule has 1 aromatic carbocycles. The molecule has 2 heterocycles. The van der Waals surface area contributed by atoms with Gasteiger partial charge in [-0.15, -0.1) is 0 Å². The lowest BCUT2D eigenvalue weighted by atomic mass is 9.89. The number of hydrogen-bond acceptors (Lipinski definition) is 7. The summed E-state index contributed by atoms with van der Waals surface area (Å²) >= 11 is 1.15. The van der Waals surface area contributed by atoms with Crippen LogP contribution in [0, 0.1) is 17.9 Å². The van der Waals surface area contributed by atoms with Crippen LogP contribution in [0.5, 0.6) is 0 Å². The molecule has 1 amide bonds. The number of hydrogen-bond donors (Lipinski definition) is 2. The van der Waals surface area contributed by atoms with E-state index < -0.39 is 16.8 Å². The summed E-state index contributed by atoms with van der Waals surface area (Å²) in [7, 11) is 1.89. The summed E-state index contributed by atoms with van der Waals surface area (Å²) in [5.74, 6) is -0.0158. The van der Waals surface area contributed by atoms with E-state index in [9.17, 15) is 15.2 Å². The van der Waals surface area contributed by atoms with Gasteiger partial charge in [0.25, 0.3) is 0 Å². The predicted octanol–water partition coefficient (Wildman–Crippen LogP) is 4.06. The number of primary amides is 1. The van der Waals surface area contributed by atoms with Gasteiger partial charge in [0.1, 0.15) is 22.2 Å².